The molecule has 0 aliphatic heterocycles. The summed E-state index contributed by atoms with van der Waals surface area (Å²) in [5.41, 5.74) is 1.12. The first-order chi connectivity index (χ1) is 6.98. The van der Waals surface area contributed by atoms with Gasteiger partial charge in [-0.15, -0.1) is 0 Å². The maximum absolute atomic E-state index is 13.0. The van der Waals surface area contributed by atoms with Crippen LogP contribution in [0.1, 0.15) is 50.6 Å². The Morgan fingerprint density at radius 3 is 2.73 bits per heavy atom. The van der Waals surface area contributed by atoms with Crippen molar-refractivity contribution in [3.63, 3.8) is 0 Å². The van der Waals surface area contributed by atoms with E-state index in [1.165, 1.54) is 0 Å². The quantitative estimate of drug-likeness (QED) is 0.738. The molecule has 1 fully saturated rings. The minimum absolute atomic E-state index is 0.00542. The summed E-state index contributed by atoms with van der Waals surface area (Å²) in [5, 5.41) is 4.17. The molecule has 0 aromatic carbocycles. The molecule has 1 aliphatic rings. The molecular weight excluding hydrogens is 198 g/mol. The Morgan fingerprint density at radius 1 is 1.53 bits per heavy atom. The zero-order valence-corrected chi connectivity index (χ0v) is 9.08. The van der Waals surface area contributed by atoms with Crippen LogP contribution in [0.4, 0.5) is 8.78 Å². The third kappa shape index (κ3) is 2.19. The Bertz CT molecular complexity index is 344. The highest BCUT2D eigenvalue weighted by Gasteiger charge is 2.40. The molecular formula is C11H16F2N2. The third-order valence-electron chi connectivity index (χ3n) is 3.04. The van der Waals surface area contributed by atoms with Gasteiger partial charge in [-0.3, -0.25) is 4.68 Å². The van der Waals surface area contributed by atoms with Crippen LogP contribution < -0.4 is 0 Å². The standard InChI is InChI=1S/C11H16F2N2/c1-8(2)9-6-14-15(7-9)10-3-4-11(12,13)5-10/h6-8,10H,3-5H2,1-2H3. The van der Waals surface area contributed by atoms with E-state index in [1.54, 1.807) is 10.9 Å². The van der Waals surface area contributed by atoms with Crippen molar-refractivity contribution in [3.8, 4) is 0 Å². The molecule has 0 N–H and O–H groups in total. The molecule has 0 radical (unpaired) electrons. The van der Waals surface area contributed by atoms with Crippen molar-refractivity contribution < 1.29 is 8.78 Å². The number of halogens is 2. The SMILES string of the molecule is CC(C)c1cnn(C2CCC(F)(F)C2)c1. The lowest BCUT2D eigenvalue weighted by Gasteiger charge is -2.10. The smallest absolute Gasteiger partial charge is 0.250 e. The van der Waals surface area contributed by atoms with Gasteiger partial charge in [-0.25, -0.2) is 8.78 Å². The fourth-order valence-electron chi connectivity index (χ4n) is 2.00. The van der Waals surface area contributed by atoms with Crippen molar-refractivity contribution in [1.29, 1.82) is 0 Å². The number of hydrogen-bond acceptors (Lipinski definition) is 1. The average Bonchev–Trinajstić information content (AvgIpc) is 2.70. The molecule has 15 heavy (non-hydrogen) atoms. The van der Waals surface area contributed by atoms with Crippen LogP contribution >= 0.6 is 0 Å². The summed E-state index contributed by atoms with van der Waals surface area (Å²) >= 11 is 0. The Kier molecular flexibility index (Phi) is 2.52. The highest BCUT2D eigenvalue weighted by molar-refractivity contribution is 5.09. The van der Waals surface area contributed by atoms with Gasteiger partial charge >= 0.3 is 0 Å². The Hall–Kier alpha value is -0.930. The predicted octanol–water partition coefficient (Wildman–Crippen LogP) is 3.37. The van der Waals surface area contributed by atoms with Crippen LogP contribution in [-0.2, 0) is 0 Å². The average molecular weight is 214 g/mol. The van der Waals surface area contributed by atoms with E-state index in [9.17, 15) is 8.78 Å². The number of aromatic nitrogens is 2. The second-order valence-electron chi connectivity index (χ2n) is 4.66. The normalized spacial score (nSPS) is 25.0. The molecule has 2 nitrogen and oxygen atoms in total. The predicted molar refractivity (Wildman–Crippen MR) is 54.2 cm³/mol. The minimum atomic E-state index is -2.49. The van der Waals surface area contributed by atoms with Gasteiger partial charge in [-0.05, 0) is 17.9 Å². The van der Waals surface area contributed by atoms with E-state index >= 15 is 0 Å². The Morgan fingerprint density at radius 2 is 2.27 bits per heavy atom. The van der Waals surface area contributed by atoms with E-state index in [1.807, 2.05) is 6.20 Å². The van der Waals surface area contributed by atoms with Gasteiger partial charge < -0.3 is 0 Å². The largest absolute Gasteiger partial charge is 0.269 e. The van der Waals surface area contributed by atoms with Gasteiger partial charge in [0, 0.05) is 19.0 Å². The van der Waals surface area contributed by atoms with Crippen molar-refractivity contribution in [2.24, 2.45) is 0 Å². The van der Waals surface area contributed by atoms with Crippen LogP contribution in [0.15, 0.2) is 12.4 Å². The molecule has 2 rings (SSSR count). The number of alkyl halides is 2. The molecule has 1 aliphatic carbocycles. The second-order valence-corrected chi connectivity index (χ2v) is 4.66. The van der Waals surface area contributed by atoms with Gasteiger partial charge in [-0.1, -0.05) is 13.8 Å². The lowest BCUT2D eigenvalue weighted by molar-refractivity contribution is 0.00518. The van der Waals surface area contributed by atoms with Crippen molar-refractivity contribution in [1.82, 2.24) is 9.78 Å². The van der Waals surface area contributed by atoms with E-state index in [2.05, 4.69) is 18.9 Å². The lowest BCUT2D eigenvalue weighted by Crippen LogP contribution is -2.12. The summed E-state index contributed by atoms with van der Waals surface area (Å²) in [6.45, 7) is 4.15. The van der Waals surface area contributed by atoms with Crippen molar-refractivity contribution >= 4 is 0 Å². The molecule has 1 heterocycles. The summed E-state index contributed by atoms with van der Waals surface area (Å²) in [6.07, 6.45) is 4.14. The van der Waals surface area contributed by atoms with Crippen LogP contribution in [0.2, 0.25) is 0 Å². The second kappa shape index (κ2) is 3.58. The Labute approximate surface area is 88.3 Å². The highest BCUT2D eigenvalue weighted by atomic mass is 19.3. The number of rotatable bonds is 2. The molecule has 1 aromatic rings. The molecule has 4 heteroatoms. The third-order valence-corrected chi connectivity index (χ3v) is 3.04. The van der Waals surface area contributed by atoms with Gasteiger partial charge in [0.2, 0.25) is 5.92 Å². The van der Waals surface area contributed by atoms with Gasteiger partial charge in [0.15, 0.2) is 0 Å². The molecule has 84 valence electrons. The summed E-state index contributed by atoms with van der Waals surface area (Å²) in [5.74, 6) is -2.09. The van der Waals surface area contributed by atoms with Gasteiger partial charge in [0.1, 0.15) is 0 Å². The van der Waals surface area contributed by atoms with Gasteiger partial charge in [0.05, 0.1) is 12.2 Å². The van der Waals surface area contributed by atoms with E-state index in [0.717, 1.165) is 5.56 Å². The molecule has 1 atom stereocenters. The first kappa shape index (κ1) is 10.6. The van der Waals surface area contributed by atoms with E-state index in [4.69, 9.17) is 0 Å². The fourth-order valence-corrected chi connectivity index (χ4v) is 2.00. The van der Waals surface area contributed by atoms with Crippen molar-refractivity contribution in [2.75, 3.05) is 0 Å². The van der Waals surface area contributed by atoms with Crippen LogP contribution in [-0.4, -0.2) is 15.7 Å². The van der Waals surface area contributed by atoms with Crippen LogP contribution in [0, 0.1) is 0 Å². The summed E-state index contributed by atoms with van der Waals surface area (Å²) in [6, 6.07) is -0.118. The highest BCUT2D eigenvalue weighted by Crippen LogP contribution is 2.41. The van der Waals surface area contributed by atoms with Crippen molar-refractivity contribution in [3.05, 3.63) is 18.0 Å². The monoisotopic (exact) mass is 214 g/mol. The summed E-state index contributed by atoms with van der Waals surface area (Å²) in [7, 11) is 0. The molecule has 1 unspecified atom stereocenters. The lowest BCUT2D eigenvalue weighted by atomic mass is 10.1. The fraction of sp³-hybridized carbons (Fsp3) is 0.727. The first-order valence-electron chi connectivity index (χ1n) is 5.40. The van der Waals surface area contributed by atoms with Crippen LogP contribution in [0.3, 0.4) is 0 Å². The maximum Gasteiger partial charge on any atom is 0.250 e. The molecule has 1 saturated carbocycles. The maximum atomic E-state index is 13.0. The zero-order valence-electron chi connectivity index (χ0n) is 9.08. The molecule has 0 spiro atoms. The van der Waals surface area contributed by atoms with Crippen LogP contribution in [0.25, 0.3) is 0 Å². The molecule has 0 saturated heterocycles. The van der Waals surface area contributed by atoms with Gasteiger partial charge in [-0.2, -0.15) is 5.10 Å². The van der Waals surface area contributed by atoms with Crippen LogP contribution in [0.5, 0.6) is 0 Å². The van der Waals surface area contributed by atoms with Gasteiger partial charge in [0.25, 0.3) is 0 Å². The zero-order chi connectivity index (χ0) is 11.1. The number of nitrogens with zero attached hydrogens (tertiary/aromatic N) is 2. The molecule has 0 bridgehead atoms. The van der Waals surface area contributed by atoms with Crippen molar-refractivity contribution in [2.45, 2.75) is 51.0 Å². The molecule has 0 amide bonds. The number of hydrogen-bond donors (Lipinski definition) is 0. The molecule has 1 aromatic heterocycles. The van der Waals surface area contributed by atoms with E-state index in [0.29, 0.717) is 12.3 Å². The van der Waals surface area contributed by atoms with E-state index in [-0.39, 0.29) is 18.9 Å². The first-order valence-corrected chi connectivity index (χ1v) is 5.40. The Balaban J connectivity index is 2.11. The summed E-state index contributed by atoms with van der Waals surface area (Å²) in [4.78, 5) is 0. The topological polar surface area (TPSA) is 17.8 Å². The van der Waals surface area contributed by atoms with E-state index < -0.39 is 5.92 Å². The summed E-state index contributed by atoms with van der Waals surface area (Å²) < 4.78 is 27.7. The minimum Gasteiger partial charge on any atom is -0.269 e.